The van der Waals surface area contributed by atoms with Gasteiger partial charge in [0.15, 0.2) is 5.96 Å². The van der Waals surface area contributed by atoms with Crippen molar-refractivity contribution in [2.24, 2.45) is 10.9 Å². The molecule has 3 rings (SSSR count). The molecule has 142 valence electrons. The summed E-state index contributed by atoms with van der Waals surface area (Å²) in [6, 6.07) is 0. The lowest BCUT2D eigenvalue weighted by Gasteiger charge is -2.32. The summed E-state index contributed by atoms with van der Waals surface area (Å²) in [6.45, 7) is 6.63. The van der Waals surface area contributed by atoms with Crippen LogP contribution < -0.4 is 5.32 Å². The van der Waals surface area contributed by atoms with E-state index in [1.54, 1.807) is 0 Å². The van der Waals surface area contributed by atoms with Crippen molar-refractivity contribution in [3.63, 3.8) is 0 Å². The summed E-state index contributed by atoms with van der Waals surface area (Å²) in [5.41, 5.74) is 0. The second-order valence-electron chi connectivity index (χ2n) is 7.24. The third kappa shape index (κ3) is 5.56. The number of piperidine rings is 1. The molecule has 7 heteroatoms. The predicted molar refractivity (Wildman–Crippen MR) is 113 cm³/mol. The van der Waals surface area contributed by atoms with Crippen LogP contribution in [0.4, 0.5) is 0 Å². The molecular weight excluding hydrogens is 427 g/mol. The largest absolute Gasteiger partial charge is 0.356 e. The topological polar surface area (TPSA) is 58.3 Å². The van der Waals surface area contributed by atoms with E-state index in [0.717, 1.165) is 63.1 Å². The van der Waals surface area contributed by atoms with Gasteiger partial charge in [0.1, 0.15) is 11.6 Å². The van der Waals surface area contributed by atoms with Gasteiger partial charge in [0, 0.05) is 46.1 Å². The third-order valence-electron chi connectivity index (χ3n) is 5.34. The number of rotatable bonds is 4. The first kappa shape index (κ1) is 20.5. The molecule has 6 nitrogen and oxygen atoms in total. The van der Waals surface area contributed by atoms with E-state index in [2.05, 4.69) is 36.9 Å². The van der Waals surface area contributed by atoms with Crippen LogP contribution in [0.25, 0.3) is 0 Å². The maximum absolute atomic E-state index is 4.45. The molecule has 0 amide bonds. The molecule has 0 saturated carbocycles. The first-order valence-corrected chi connectivity index (χ1v) is 9.64. The number of nitrogens with zero attached hydrogens (tertiary/aromatic N) is 5. The molecule has 0 aromatic carbocycles. The number of guanidine groups is 1. The van der Waals surface area contributed by atoms with E-state index in [1.807, 2.05) is 7.05 Å². The fourth-order valence-electron chi connectivity index (χ4n) is 3.73. The molecule has 1 aromatic heterocycles. The number of aryl methyl sites for hydroxylation is 2. The lowest BCUT2D eigenvalue weighted by molar-refractivity contribution is 0.273. The van der Waals surface area contributed by atoms with Crippen LogP contribution in [0.3, 0.4) is 0 Å². The summed E-state index contributed by atoms with van der Waals surface area (Å²) in [6.07, 6.45) is 9.52. The van der Waals surface area contributed by atoms with Crippen molar-refractivity contribution in [2.45, 2.75) is 64.8 Å². The normalized spacial score (nSPS) is 19.1. The van der Waals surface area contributed by atoms with Gasteiger partial charge < -0.3 is 14.8 Å². The van der Waals surface area contributed by atoms with Crippen LogP contribution in [-0.2, 0) is 19.4 Å². The van der Waals surface area contributed by atoms with Gasteiger partial charge in [-0.1, -0.05) is 13.3 Å². The Morgan fingerprint density at radius 1 is 1.16 bits per heavy atom. The number of aromatic nitrogens is 3. The van der Waals surface area contributed by atoms with Gasteiger partial charge in [0.2, 0.25) is 0 Å². The van der Waals surface area contributed by atoms with Crippen LogP contribution in [-0.4, -0.2) is 52.3 Å². The number of hydrogen-bond acceptors (Lipinski definition) is 3. The molecule has 0 radical (unpaired) electrons. The van der Waals surface area contributed by atoms with Gasteiger partial charge in [-0.05, 0) is 38.0 Å². The number of nitrogens with one attached hydrogen (secondary N) is 1. The van der Waals surface area contributed by atoms with Crippen molar-refractivity contribution in [1.29, 1.82) is 0 Å². The van der Waals surface area contributed by atoms with Gasteiger partial charge in [0.05, 0.1) is 0 Å². The van der Waals surface area contributed by atoms with Crippen molar-refractivity contribution < 1.29 is 0 Å². The van der Waals surface area contributed by atoms with Crippen LogP contribution in [0.15, 0.2) is 4.99 Å². The maximum Gasteiger partial charge on any atom is 0.193 e. The Bertz CT molecular complexity index is 548. The molecule has 1 aromatic rings. The van der Waals surface area contributed by atoms with E-state index in [-0.39, 0.29) is 24.0 Å². The highest BCUT2D eigenvalue weighted by molar-refractivity contribution is 14.0. The Kier molecular flexibility index (Phi) is 8.45. The van der Waals surface area contributed by atoms with Gasteiger partial charge in [-0.25, -0.2) is 0 Å². The Morgan fingerprint density at radius 2 is 1.96 bits per heavy atom. The number of aliphatic imine (C=N–C) groups is 1. The highest BCUT2D eigenvalue weighted by Crippen LogP contribution is 2.16. The Morgan fingerprint density at radius 3 is 2.72 bits per heavy atom. The van der Waals surface area contributed by atoms with Crippen LogP contribution in [0.5, 0.6) is 0 Å². The summed E-state index contributed by atoms with van der Waals surface area (Å²) >= 11 is 0. The van der Waals surface area contributed by atoms with Crippen LogP contribution in [0.1, 0.15) is 57.1 Å². The minimum absolute atomic E-state index is 0. The molecule has 0 aliphatic carbocycles. The summed E-state index contributed by atoms with van der Waals surface area (Å²) in [7, 11) is 1.89. The molecule has 1 fully saturated rings. The standard InChI is InChI=1S/C18H32N6.HI/c1-15-9-13-23(14-10-15)18(19-2)20-11-6-8-17-22-21-16-7-4-3-5-12-24(16)17;/h15H,3-14H2,1-2H3,(H,19,20);1H. The van der Waals surface area contributed by atoms with Crippen molar-refractivity contribution in [3.8, 4) is 0 Å². The quantitative estimate of drug-likeness (QED) is 0.325. The van der Waals surface area contributed by atoms with Gasteiger partial charge in [-0.3, -0.25) is 4.99 Å². The summed E-state index contributed by atoms with van der Waals surface area (Å²) in [4.78, 5) is 6.84. The van der Waals surface area contributed by atoms with Crippen molar-refractivity contribution in [2.75, 3.05) is 26.7 Å². The number of hydrogen-bond donors (Lipinski definition) is 1. The molecule has 25 heavy (non-hydrogen) atoms. The van der Waals surface area contributed by atoms with E-state index in [1.165, 1.54) is 37.9 Å². The molecule has 1 saturated heterocycles. The first-order chi connectivity index (χ1) is 11.8. The minimum atomic E-state index is 0. The number of likely N-dealkylation sites (tertiary alicyclic amines) is 1. The Labute approximate surface area is 168 Å². The fraction of sp³-hybridized carbons (Fsp3) is 0.833. The highest BCUT2D eigenvalue weighted by Gasteiger charge is 2.18. The van der Waals surface area contributed by atoms with Crippen LogP contribution in [0.2, 0.25) is 0 Å². The molecule has 0 unspecified atom stereocenters. The van der Waals surface area contributed by atoms with Crippen molar-refractivity contribution >= 4 is 29.9 Å². The molecule has 2 aliphatic rings. The summed E-state index contributed by atoms with van der Waals surface area (Å²) in [5.74, 6) is 4.26. The van der Waals surface area contributed by atoms with Crippen molar-refractivity contribution in [3.05, 3.63) is 11.6 Å². The molecule has 0 bridgehead atoms. The zero-order valence-electron chi connectivity index (χ0n) is 15.7. The number of fused-ring (bicyclic) bond motifs is 1. The van der Waals surface area contributed by atoms with Gasteiger partial charge in [-0.15, -0.1) is 34.2 Å². The Hall–Kier alpha value is -0.860. The molecule has 0 atom stereocenters. The molecule has 3 heterocycles. The van der Waals surface area contributed by atoms with E-state index in [4.69, 9.17) is 0 Å². The van der Waals surface area contributed by atoms with Gasteiger partial charge >= 0.3 is 0 Å². The van der Waals surface area contributed by atoms with E-state index >= 15 is 0 Å². The molecule has 0 spiro atoms. The minimum Gasteiger partial charge on any atom is -0.356 e. The SMILES string of the molecule is CN=C(NCCCc1nnc2n1CCCCC2)N1CCC(C)CC1.I. The lowest BCUT2D eigenvalue weighted by atomic mass is 10.00. The van der Waals surface area contributed by atoms with Gasteiger partial charge in [-0.2, -0.15) is 0 Å². The molecule has 2 aliphatic heterocycles. The average molecular weight is 460 g/mol. The third-order valence-corrected chi connectivity index (χ3v) is 5.34. The summed E-state index contributed by atoms with van der Waals surface area (Å²) < 4.78 is 2.36. The second-order valence-corrected chi connectivity index (χ2v) is 7.24. The van der Waals surface area contributed by atoms with Crippen LogP contribution >= 0.6 is 24.0 Å². The monoisotopic (exact) mass is 460 g/mol. The zero-order chi connectivity index (χ0) is 16.8. The Balaban J connectivity index is 0.00000225. The second kappa shape index (κ2) is 10.3. The van der Waals surface area contributed by atoms with Crippen molar-refractivity contribution in [1.82, 2.24) is 25.0 Å². The van der Waals surface area contributed by atoms with Crippen LogP contribution in [0, 0.1) is 5.92 Å². The molecule has 1 N–H and O–H groups in total. The zero-order valence-corrected chi connectivity index (χ0v) is 18.0. The smallest absolute Gasteiger partial charge is 0.193 e. The highest BCUT2D eigenvalue weighted by atomic mass is 127. The average Bonchev–Trinajstić information content (AvgIpc) is 2.83. The van der Waals surface area contributed by atoms with E-state index in [9.17, 15) is 0 Å². The number of halogens is 1. The summed E-state index contributed by atoms with van der Waals surface area (Å²) in [5, 5.41) is 12.3. The lowest BCUT2D eigenvalue weighted by Crippen LogP contribution is -2.45. The van der Waals surface area contributed by atoms with Gasteiger partial charge in [0.25, 0.3) is 0 Å². The predicted octanol–water partition coefficient (Wildman–Crippen LogP) is 2.86. The molecular formula is C18H33IN6. The van der Waals surface area contributed by atoms with E-state index < -0.39 is 0 Å². The maximum atomic E-state index is 4.45. The van der Waals surface area contributed by atoms with E-state index in [0.29, 0.717) is 0 Å². The first-order valence-electron chi connectivity index (χ1n) is 9.64. The fourth-order valence-corrected chi connectivity index (χ4v) is 3.73.